The first-order chi connectivity index (χ1) is 13.1. The summed E-state index contributed by atoms with van der Waals surface area (Å²) in [6.45, 7) is 10.1. The average Bonchev–Trinajstić information content (AvgIpc) is 2.63. The summed E-state index contributed by atoms with van der Waals surface area (Å²) < 4.78 is 0. The SMILES string of the molecule is CC(C)C(NC(=O)c1ccccc1Cl)C(=O)NC(c1ccccc1)C(C)(C)C. The van der Waals surface area contributed by atoms with Crippen molar-refractivity contribution in [1.29, 1.82) is 0 Å². The molecule has 0 spiro atoms. The van der Waals surface area contributed by atoms with E-state index in [4.69, 9.17) is 11.6 Å². The zero-order chi connectivity index (χ0) is 20.9. The Morgan fingerprint density at radius 1 is 0.893 bits per heavy atom. The highest BCUT2D eigenvalue weighted by atomic mass is 35.5. The minimum atomic E-state index is -0.669. The highest BCUT2D eigenvalue weighted by Gasteiger charge is 2.32. The van der Waals surface area contributed by atoms with E-state index >= 15 is 0 Å². The Kier molecular flexibility index (Phi) is 7.25. The third kappa shape index (κ3) is 5.59. The molecule has 2 aromatic rings. The molecule has 0 heterocycles. The second-order valence-electron chi connectivity index (χ2n) is 8.39. The normalized spacial score (nSPS) is 13.7. The lowest BCUT2D eigenvalue weighted by atomic mass is 9.82. The van der Waals surface area contributed by atoms with Gasteiger partial charge in [0.05, 0.1) is 16.6 Å². The van der Waals surface area contributed by atoms with Crippen LogP contribution in [0.3, 0.4) is 0 Å². The van der Waals surface area contributed by atoms with Crippen molar-refractivity contribution in [1.82, 2.24) is 10.6 Å². The monoisotopic (exact) mass is 400 g/mol. The van der Waals surface area contributed by atoms with Gasteiger partial charge < -0.3 is 10.6 Å². The fraction of sp³-hybridized carbons (Fsp3) is 0.391. The predicted molar refractivity (Wildman–Crippen MR) is 114 cm³/mol. The molecule has 5 heteroatoms. The summed E-state index contributed by atoms with van der Waals surface area (Å²) in [5.41, 5.74) is 1.20. The van der Waals surface area contributed by atoms with Gasteiger partial charge in [-0.1, -0.05) is 88.7 Å². The standard InChI is InChI=1S/C23H29ClN2O2/c1-15(2)19(25-21(27)17-13-9-10-14-18(17)24)22(28)26-20(23(3,4)5)16-11-7-6-8-12-16/h6-15,19-20H,1-5H3,(H,25,27)(H,26,28). The van der Waals surface area contributed by atoms with Crippen LogP contribution in [0.2, 0.25) is 5.02 Å². The Morgan fingerprint density at radius 3 is 2.00 bits per heavy atom. The summed E-state index contributed by atoms with van der Waals surface area (Å²) in [6.07, 6.45) is 0. The van der Waals surface area contributed by atoms with Gasteiger partial charge >= 0.3 is 0 Å². The van der Waals surface area contributed by atoms with Crippen molar-refractivity contribution in [2.24, 2.45) is 11.3 Å². The molecule has 0 bridgehead atoms. The molecule has 4 nitrogen and oxygen atoms in total. The minimum Gasteiger partial charge on any atom is -0.347 e. The largest absolute Gasteiger partial charge is 0.347 e. The van der Waals surface area contributed by atoms with Crippen LogP contribution in [0.4, 0.5) is 0 Å². The lowest BCUT2D eigenvalue weighted by Gasteiger charge is -2.34. The molecule has 2 rings (SSSR count). The first-order valence-corrected chi connectivity index (χ1v) is 9.89. The molecular formula is C23H29ClN2O2. The summed E-state index contributed by atoms with van der Waals surface area (Å²) in [4.78, 5) is 25.8. The zero-order valence-electron chi connectivity index (χ0n) is 17.1. The van der Waals surface area contributed by atoms with Crippen LogP contribution in [-0.2, 0) is 4.79 Å². The van der Waals surface area contributed by atoms with Crippen molar-refractivity contribution < 1.29 is 9.59 Å². The van der Waals surface area contributed by atoms with E-state index in [1.807, 2.05) is 44.2 Å². The topological polar surface area (TPSA) is 58.2 Å². The highest BCUT2D eigenvalue weighted by molar-refractivity contribution is 6.33. The highest BCUT2D eigenvalue weighted by Crippen LogP contribution is 2.32. The summed E-state index contributed by atoms with van der Waals surface area (Å²) in [7, 11) is 0. The molecule has 0 saturated heterocycles. The molecule has 2 N–H and O–H groups in total. The minimum absolute atomic E-state index is 0.0807. The predicted octanol–water partition coefficient (Wildman–Crippen LogP) is 5.00. The molecule has 2 aromatic carbocycles. The summed E-state index contributed by atoms with van der Waals surface area (Å²) in [5, 5.41) is 6.35. The van der Waals surface area contributed by atoms with E-state index in [2.05, 4.69) is 31.4 Å². The van der Waals surface area contributed by atoms with Crippen molar-refractivity contribution in [3.8, 4) is 0 Å². The van der Waals surface area contributed by atoms with E-state index in [-0.39, 0.29) is 29.2 Å². The Bertz CT molecular complexity index is 813. The lowest BCUT2D eigenvalue weighted by molar-refractivity contribution is -0.125. The fourth-order valence-corrected chi connectivity index (χ4v) is 3.30. The number of hydrogen-bond donors (Lipinski definition) is 2. The molecule has 0 saturated carbocycles. The van der Waals surface area contributed by atoms with E-state index in [0.717, 1.165) is 5.56 Å². The number of carbonyl (C=O) groups excluding carboxylic acids is 2. The molecule has 0 fully saturated rings. The van der Waals surface area contributed by atoms with E-state index in [1.165, 1.54) is 0 Å². The number of amides is 2. The van der Waals surface area contributed by atoms with Crippen LogP contribution in [0, 0.1) is 11.3 Å². The van der Waals surface area contributed by atoms with Crippen LogP contribution in [0.5, 0.6) is 0 Å². The lowest BCUT2D eigenvalue weighted by Crippen LogP contribution is -2.52. The van der Waals surface area contributed by atoms with Gasteiger partial charge in [0.1, 0.15) is 6.04 Å². The molecule has 0 aliphatic rings. The number of halogens is 1. The van der Waals surface area contributed by atoms with Gasteiger partial charge in [-0.15, -0.1) is 0 Å². The number of nitrogens with one attached hydrogen (secondary N) is 2. The molecule has 0 aliphatic heterocycles. The summed E-state index contributed by atoms with van der Waals surface area (Å²) >= 11 is 6.12. The van der Waals surface area contributed by atoms with Crippen molar-refractivity contribution in [2.45, 2.75) is 46.7 Å². The van der Waals surface area contributed by atoms with Crippen LogP contribution in [0.25, 0.3) is 0 Å². The van der Waals surface area contributed by atoms with Gasteiger partial charge in [-0.2, -0.15) is 0 Å². The average molecular weight is 401 g/mol. The Labute approximate surface area is 172 Å². The van der Waals surface area contributed by atoms with Crippen molar-refractivity contribution in [3.05, 3.63) is 70.7 Å². The molecule has 0 aliphatic carbocycles. The molecule has 2 unspecified atom stereocenters. The second-order valence-corrected chi connectivity index (χ2v) is 8.80. The van der Waals surface area contributed by atoms with Crippen molar-refractivity contribution in [2.75, 3.05) is 0 Å². The Hall–Kier alpha value is -2.33. The van der Waals surface area contributed by atoms with Crippen LogP contribution >= 0.6 is 11.6 Å². The van der Waals surface area contributed by atoms with Gasteiger partial charge in [0, 0.05) is 0 Å². The molecule has 150 valence electrons. The molecule has 0 radical (unpaired) electrons. The van der Waals surface area contributed by atoms with Gasteiger partial charge in [-0.05, 0) is 29.0 Å². The van der Waals surface area contributed by atoms with Crippen LogP contribution < -0.4 is 10.6 Å². The maximum Gasteiger partial charge on any atom is 0.253 e. The van der Waals surface area contributed by atoms with Gasteiger partial charge in [0.2, 0.25) is 5.91 Å². The molecular weight excluding hydrogens is 372 g/mol. The van der Waals surface area contributed by atoms with Crippen molar-refractivity contribution in [3.63, 3.8) is 0 Å². The fourth-order valence-electron chi connectivity index (χ4n) is 3.08. The van der Waals surface area contributed by atoms with Crippen molar-refractivity contribution >= 4 is 23.4 Å². The number of rotatable bonds is 6. The second kappa shape index (κ2) is 9.24. The van der Waals surface area contributed by atoms with Crippen LogP contribution in [0.1, 0.15) is 56.6 Å². The quantitative estimate of drug-likeness (QED) is 0.716. The molecule has 28 heavy (non-hydrogen) atoms. The van der Waals surface area contributed by atoms with Gasteiger partial charge in [-0.3, -0.25) is 9.59 Å². The van der Waals surface area contributed by atoms with Gasteiger partial charge in [-0.25, -0.2) is 0 Å². The van der Waals surface area contributed by atoms with Crippen LogP contribution in [0.15, 0.2) is 54.6 Å². The van der Waals surface area contributed by atoms with E-state index in [1.54, 1.807) is 24.3 Å². The van der Waals surface area contributed by atoms with Gasteiger partial charge in [0.15, 0.2) is 0 Å². The smallest absolute Gasteiger partial charge is 0.253 e. The first-order valence-electron chi connectivity index (χ1n) is 9.52. The van der Waals surface area contributed by atoms with Crippen LogP contribution in [-0.4, -0.2) is 17.9 Å². The Balaban J connectivity index is 2.22. The first kappa shape index (κ1) is 22.0. The zero-order valence-corrected chi connectivity index (χ0v) is 17.9. The molecule has 2 amide bonds. The number of hydrogen-bond acceptors (Lipinski definition) is 2. The van der Waals surface area contributed by atoms with E-state index < -0.39 is 6.04 Å². The van der Waals surface area contributed by atoms with E-state index in [9.17, 15) is 9.59 Å². The number of carbonyl (C=O) groups is 2. The Morgan fingerprint density at radius 2 is 1.46 bits per heavy atom. The third-order valence-corrected chi connectivity index (χ3v) is 4.97. The maximum absolute atomic E-state index is 13.1. The number of benzene rings is 2. The maximum atomic E-state index is 13.1. The van der Waals surface area contributed by atoms with Gasteiger partial charge in [0.25, 0.3) is 5.91 Å². The molecule has 0 aromatic heterocycles. The summed E-state index contributed by atoms with van der Waals surface area (Å²) in [6, 6.07) is 15.8. The summed E-state index contributed by atoms with van der Waals surface area (Å²) in [5.74, 6) is -0.645. The van der Waals surface area contributed by atoms with E-state index in [0.29, 0.717) is 10.6 Å². The molecule has 2 atom stereocenters. The third-order valence-electron chi connectivity index (χ3n) is 4.64.